The van der Waals surface area contributed by atoms with Crippen LogP contribution < -0.4 is 4.74 Å². The van der Waals surface area contributed by atoms with Gasteiger partial charge in [-0.2, -0.15) is 18.3 Å². The zero-order valence-electron chi connectivity index (χ0n) is 24.9. The van der Waals surface area contributed by atoms with Crippen LogP contribution in [-0.2, 0) is 33.1 Å². The van der Waals surface area contributed by atoms with Gasteiger partial charge in [0.1, 0.15) is 17.8 Å². The van der Waals surface area contributed by atoms with Gasteiger partial charge in [-0.15, -0.1) is 0 Å². The highest BCUT2D eigenvalue weighted by Gasteiger charge is 2.35. The van der Waals surface area contributed by atoms with Crippen molar-refractivity contribution in [2.75, 3.05) is 21.2 Å². The van der Waals surface area contributed by atoms with Crippen LogP contribution >= 0.6 is 0 Å². The molecule has 9 nitrogen and oxygen atoms in total. The number of hydrogen-bond acceptors (Lipinski definition) is 7. The van der Waals surface area contributed by atoms with E-state index in [1.165, 1.54) is 54.8 Å². The number of aryl methyl sites for hydroxylation is 3. The molecule has 1 saturated carbocycles. The summed E-state index contributed by atoms with van der Waals surface area (Å²) in [5, 5.41) is 4.92. The molecule has 0 bridgehead atoms. The van der Waals surface area contributed by atoms with Crippen molar-refractivity contribution in [1.29, 1.82) is 0 Å². The molecule has 0 amide bonds. The van der Waals surface area contributed by atoms with Gasteiger partial charge in [0.15, 0.2) is 5.69 Å². The Morgan fingerprint density at radius 2 is 1.81 bits per heavy atom. The van der Waals surface area contributed by atoms with Gasteiger partial charge in [-0.1, -0.05) is 0 Å². The number of imidazole rings is 1. The lowest BCUT2D eigenvalue weighted by Gasteiger charge is -2.22. The van der Waals surface area contributed by atoms with E-state index in [0.717, 1.165) is 41.7 Å². The molecule has 0 aliphatic heterocycles. The largest absolute Gasteiger partial charge is 0.480 e. The fourth-order valence-corrected chi connectivity index (χ4v) is 5.50. The van der Waals surface area contributed by atoms with Crippen molar-refractivity contribution in [2.45, 2.75) is 63.6 Å². The monoisotopic (exact) mass is 582 g/mol. The number of halogens is 3. The normalized spacial score (nSPS) is 17.0. The van der Waals surface area contributed by atoms with Gasteiger partial charge in [0, 0.05) is 67.4 Å². The van der Waals surface area contributed by atoms with Gasteiger partial charge in [-0.3, -0.25) is 9.67 Å². The Labute approximate surface area is 243 Å². The van der Waals surface area contributed by atoms with E-state index in [-0.39, 0.29) is 5.82 Å². The number of hydrogen-bond donors (Lipinski definition) is 0. The predicted molar refractivity (Wildman–Crippen MR) is 153 cm³/mol. The van der Waals surface area contributed by atoms with Crippen molar-refractivity contribution in [3.05, 3.63) is 59.2 Å². The summed E-state index contributed by atoms with van der Waals surface area (Å²) >= 11 is 0. The summed E-state index contributed by atoms with van der Waals surface area (Å²) in [6, 6.07) is 4.00. The van der Waals surface area contributed by atoms with Gasteiger partial charge in [-0.05, 0) is 65.3 Å². The maximum Gasteiger partial charge on any atom is 0.434 e. The van der Waals surface area contributed by atoms with Gasteiger partial charge in [0.25, 0.3) is 0 Å². The van der Waals surface area contributed by atoms with Crippen LogP contribution in [0.3, 0.4) is 0 Å². The Kier molecular flexibility index (Phi) is 8.36. The summed E-state index contributed by atoms with van der Waals surface area (Å²) in [6.45, 7) is 1.81. The lowest BCUT2D eigenvalue weighted by atomic mass is 10.00. The highest BCUT2D eigenvalue weighted by molar-refractivity contribution is 5.72. The van der Waals surface area contributed by atoms with Crippen molar-refractivity contribution in [2.24, 2.45) is 14.1 Å². The van der Waals surface area contributed by atoms with Gasteiger partial charge in [0.05, 0.1) is 18.4 Å². The molecule has 1 unspecified atom stereocenters. The zero-order valence-corrected chi connectivity index (χ0v) is 24.9. The molecule has 0 spiro atoms. The first-order valence-corrected chi connectivity index (χ1v) is 14.1. The quantitative estimate of drug-likeness (QED) is 0.292. The molecule has 6 rings (SSSR count). The standard InChI is InChI=1S/C19H27N5O.C11H10F3N3/c1-23(2)13-6-5-7-14-15(10-13)24(3)22-18(14)16-17(12-8-9-12)20-11-21-19(16)25-4;1-7-3-4-8(5-15-7)10-16-9(6-17(10)2)11(12,13)14/h11-13H,5-10H2,1-4H3;3-6H,1-2H3. The van der Waals surface area contributed by atoms with Gasteiger partial charge >= 0.3 is 6.18 Å². The van der Waals surface area contributed by atoms with Crippen LogP contribution in [0.2, 0.25) is 0 Å². The number of likely N-dealkylation sites (N-methyl/N-ethyl adjacent to an activating group) is 1. The molecule has 4 aromatic heterocycles. The third-order valence-electron chi connectivity index (χ3n) is 7.97. The molecular weight excluding hydrogens is 545 g/mol. The summed E-state index contributed by atoms with van der Waals surface area (Å²) in [6.07, 6.45) is 6.59. The zero-order chi connectivity index (χ0) is 30.2. The topological polar surface area (TPSA) is 86.8 Å². The highest BCUT2D eigenvalue weighted by Crippen LogP contribution is 2.46. The smallest absolute Gasteiger partial charge is 0.434 e. The Balaban J connectivity index is 0.000000181. The number of alkyl halides is 3. The van der Waals surface area contributed by atoms with Crippen molar-refractivity contribution >= 4 is 0 Å². The Bertz CT molecular complexity index is 1540. The second-order valence-electron chi connectivity index (χ2n) is 11.3. The molecule has 4 aromatic rings. The molecule has 4 heterocycles. The van der Waals surface area contributed by atoms with Crippen LogP contribution in [0.15, 0.2) is 30.9 Å². The minimum Gasteiger partial charge on any atom is -0.480 e. The highest BCUT2D eigenvalue weighted by atomic mass is 19.4. The first-order valence-electron chi connectivity index (χ1n) is 14.1. The third-order valence-corrected chi connectivity index (χ3v) is 7.97. The molecule has 0 radical (unpaired) electrons. The van der Waals surface area contributed by atoms with Crippen LogP contribution in [-0.4, -0.2) is 66.4 Å². The van der Waals surface area contributed by atoms with Crippen LogP contribution in [0.4, 0.5) is 13.2 Å². The van der Waals surface area contributed by atoms with E-state index in [4.69, 9.17) is 9.84 Å². The number of pyridine rings is 1. The molecular formula is C30H37F3N8O. The van der Waals surface area contributed by atoms with Crippen molar-refractivity contribution in [3.63, 3.8) is 0 Å². The maximum absolute atomic E-state index is 12.5. The molecule has 1 fully saturated rings. The van der Waals surface area contributed by atoms with Crippen LogP contribution in [0, 0.1) is 6.92 Å². The number of aromatic nitrogens is 7. The second kappa shape index (κ2) is 11.8. The summed E-state index contributed by atoms with van der Waals surface area (Å²) in [5.74, 6) is 1.45. The van der Waals surface area contributed by atoms with E-state index in [1.807, 2.05) is 6.92 Å². The SMILES string of the molecule is COc1ncnc(C2CC2)c1-c1nn(C)c2c1CCCC(N(C)C)C2.Cc1ccc(-c2nc(C(F)(F)F)cn2C)cn1. The van der Waals surface area contributed by atoms with Crippen LogP contribution in [0.25, 0.3) is 22.6 Å². The third kappa shape index (κ3) is 6.18. The summed E-state index contributed by atoms with van der Waals surface area (Å²) < 4.78 is 46.4. The van der Waals surface area contributed by atoms with Crippen molar-refractivity contribution in [1.82, 2.24) is 39.2 Å². The molecule has 1 atom stereocenters. The lowest BCUT2D eigenvalue weighted by molar-refractivity contribution is -0.140. The van der Waals surface area contributed by atoms with Crippen LogP contribution in [0.1, 0.15) is 59.9 Å². The van der Waals surface area contributed by atoms with Crippen molar-refractivity contribution in [3.8, 4) is 28.5 Å². The second-order valence-corrected chi connectivity index (χ2v) is 11.3. The molecule has 2 aliphatic carbocycles. The summed E-state index contributed by atoms with van der Waals surface area (Å²) in [4.78, 5) is 18.9. The fraction of sp³-hybridized carbons (Fsp3) is 0.500. The molecule has 42 heavy (non-hydrogen) atoms. The number of methoxy groups -OCH3 is 1. The average molecular weight is 583 g/mol. The van der Waals surface area contributed by atoms with E-state index in [1.54, 1.807) is 25.6 Å². The first kappa shape index (κ1) is 29.7. The van der Waals surface area contributed by atoms with E-state index >= 15 is 0 Å². The maximum atomic E-state index is 12.5. The minimum absolute atomic E-state index is 0.254. The minimum atomic E-state index is -4.42. The predicted octanol–water partition coefficient (Wildman–Crippen LogP) is 5.38. The Hall–Kier alpha value is -3.80. The Morgan fingerprint density at radius 1 is 1.05 bits per heavy atom. The molecule has 224 valence electrons. The number of nitrogens with zero attached hydrogens (tertiary/aromatic N) is 8. The lowest BCUT2D eigenvalue weighted by Crippen LogP contribution is -2.30. The molecule has 2 aliphatic rings. The molecule has 0 saturated heterocycles. The van der Waals surface area contributed by atoms with Gasteiger partial charge < -0.3 is 14.2 Å². The molecule has 0 N–H and O–H groups in total. The van der Waals surface area contributed by atoms with Gasteiger partial charge in [-0.25, -0.2) is 15.0 Å². The van der Waals surface area contributed by atoms with Crippen molar-refractivity contribution < 1.29 is 17.9 Å². The van der Waals surface area contributed by atoms with E-state index in [0.29, 0.717) is 23.4 Å². The summed E-state index contributed by atoms with van der Waals surface area (Å²) in [5.41, 5.74) is 6.36. The first-order chi connectivity index (χ1) is 20.0. The van der Waals surface area contributed by atoms with E-state index in [9.17, 15) is 13.2 Å². The number of ether oxygens (including phenoxy) is 1. The molecule has 0 aromatic carbocycles. The number of rotatable bonds is 5. The number of fused-ring (bicyclic) bond motifs is 1. The van der Waals surface area contributed by atoms with Crippen LogP contribution in [0.5, 0.6) is 5.88 Å². The van der Waals surface area contributed by atoms with E-state index < -0.39 is 11.9 Å². The Morgan fingerprint density at radius 3 is 2.40 bits per heavy atom. The average Bonchev–Trinajstić information content (AvgIpc) is 3.70. The van der Waals surface area contributed by atoms with Gasteiger partial charge in [0.2, 0.25) is 5.88 Å². The fourth-order valence-electron chi connectivity index (χ4n) is 5.50. The van der Waals surface area contributed by atoms with E-state index in [2.05, 4.69) is 50.7 Å². The molecule has 12 heteroatoms. The summed E-state index contributed by atoms with van der Waals surface area (Å²) in [7, 11) is 9.62.